The Morgan fingerprint density at radius 3 is 2.71 bits per heavy atom. The maximum absolute atomic E-state index is 13.3. The summed E-state index contributed by atoms with van der Waals surface area (Å²) in [4.78, 5) is 15.5. The number of carbonyl (C=O) groups excluding carboxylic acids is 1. The summed E-state index contributed by atoms with van der Waals surface area (Å²) in [5.41, 5.74) is 5.17. The molecule has 1 aliphatic heterocycles. The normalized spacial score (nSPS) is 22.9. The molecule has 128 valence electrons. The van der Waals surface area contributed by atoms with E-state index in [4.69, 9.17) is 0 Å². The van der Waals surface area contributed by atoms with E-state index in [-0.39, 0.29) is 5.91 Å². The van der Waals surface area contributed by atoms with Crippen LogP contribution in [0.4, 0.5) is 0 Å². The summed E-state index contributed by atoms with van der Waals surface area (Å²) in [6.45, 7) is 4.05. The Balaban J connectivity index is 1.58. The number of nitrogens with zero attached hydrogens (tertiary/aromatic N) is 1. The Morgan fingerprint density at radius 1 is 1.08 bits per heavy atom. The molecule has 1 aromatic rings. The molecule has 0 unspecified atom stereocenters. The van der Waals surface area contributed by atoms with Crippen molar-refractivity contribution in [3.8, 4) is 0 Å². The average Bonchev–Trinajstić information content (AvgIpc) is 2.61. The van der Waals surface area contributed by atoms with E-state index in [1.54, 1.807) is 0 Å². The molecule has 1 aromatic carbocycles. The zero-order valence-electron chi connectivity index (χ0n) is 14.9. The average molecular weight is 323 g/mol. The monoisotopic (exact) mass is 323 g/mol. The van der Waals surface area contributed by atoms with Crippen LogP contribution in [0.25, 0.3) is 5.57 Å². The van der Waals surface area contributed by atoms with E-state index < -0.39 is 0 Å². The summed E-state index contributed by atoms with van der Waals surface area (Å²) in [6.07, 6.45) is 13.5. The predicted molar refractivity (Wildman–Crippen MR) is 98.8 cm³/mol. The van der Waals surface area contributed by atoms with Crippen molar-refractivity contribution in [2.24, 2.45) is 5.41 Å². The molecule has 1 heterocycles. The summed E-state index contributed by atoms with van der Waals surface area (Å²) in [6, 6.07) is 6.59. The number of rotatable bonds is 1. The molecular formula is C22H29NO. The third kappa shape index (κ3) is 2.92. The molecule has 0 radical (unpaired) electrons. The van der Waals surface area contributed by atoms with Crippen LogP contribution in [0, 0.1) is 12.3 Å². The molecule has 2 heteroatoms. The van der Waals surface area contributed by atoms with Crippen molar-refractivity contribution in [2.45, 2.75) is 64.7 Å². The van der Waals surface area contributed by atoms with Gasteiger partial charge in [-0.3, -0.25) is 4.79 Å². The molecule has 2 aliphatic carbocycles. The number of aryl methyl sites for hydroxylation is 2. The first-order chi connectivity index (χ1) is 11.7. The van der Waals surface area contributed by atoms with Gasteiger partial charge in [0.2, 0.25) is 0 Å². The maximum Gasteiger partial charge on any atom is 0.254 e. The Morgan fingerprint density at radius 2 is 1.88 bits per heavy atom. The minimum atomic E-state index is 0.284. The van der Waals surface area contributed by atoms with Crippen LogP contribution < -0.4 is 0 Å². The van der Waals surface area contributed by atoms with Gasteiger partial charge < -0.3 is 4.90 Å². The van der Waals surface area contributed by atoms with Crippen molar-refractivity contribution < 1.29 is 4.79 Å². The minimum absolute atomic E-state index is 0.284. The van der Waals surface area contributed by atoms with Crippen LogP contribution in [0.5, 0.6) is 0 Å². The molecule has 0 N–H and O–H groups in total. The van der Waals surface area contributed by atoms with Crippen molar-refractivity contribution in [2.75, 3.05) is 13.1 Å². The predicted octanol–water partition coefficient (Wildman–Crippen LogP) is 4.90. The van der Waals surface area contributed by atoms with Crippen molar-refractivity contribution in [3.63, 3.8) is 0 Å². The van der Waals surface area contributed by atoms with Crippen molar-refractivity contribution in [3.05, 3.63) is 41.0 Å². The molecule has 1 saturated carbocycles. The van der Waals surface area contributed by atoms with Crippen molar-refractivity contribution >= 4 is 11.5 Å². The van der Waals surface area contributed by atoms with Gasteiger partial charge in [-0.2, -0.15) is 0 Å². The topological polar surface area (TPSA) is 20.3 Å². The smallest absolute Gasteiger partial charge is 0.254 e. The number of hydrogen-bond acceptors (Lipinski definition) is 1. The Hall–Kier alpha value is -1.57. The van der Waals surface area contributed by atoms with Crippen LogP contribution in [0.1, 0.15) is 68.1 Å². The molecule has 2 fully saturated rings. The highest BCUT2D eigenvalue weighted by atomic mass is 16.2. The minimum Gasteiger partial charge on any atom is -0.338 e. The maximum atomic E-state index is 13.3. The van der Waals surface area contributed by atoms with Crippen molar-refractivity contribution in [1.29, 1.82) is 0 Å². The molecule has 0 aromatic heterocycles. The van der Waals surface area contributed by atoms with E-state index >= 15 is 0 Å². The van der Waals surface area contributed by atoms with E-state index in [9.17, 15) is 4.79 Å². The summed E-state index contributed by atoms with van der Waals surface area (Å²) >= 11 is 0. The Labute approximate surface area is 145 Å². The van der Waals surface area contributed by atoms with Crippen molar-refractivity contribution in [1.82, 2.24) is 4.90 Å². The standard InChI is InChI=1S/C22H29NO/c1-17-9-10-18-7-5-8-19(20(18)15-17)21(24)23-14-6-13-22(16-23)11-3-2-4-12-22/h8-10,15H,2-7,11-14,16H2,1H3. The summed E-state index contributed by atoms with van der Waals surface area (Å²) in [5.74, 6) is 0.284. The quantitative estimate of drug-likeness (QED) is 0.720. The van der Waals surface area contributed by atoms with Gasteiger partial charge in [0, 0.05) is 18.7 Å². The largest absolute Gasteiger partial charge is 0.338 e. The molecule has 1 spiro atoms. The number of fused-ring (bicyclic) bond motifs is 1. The molecule has 0 atom stereocenters. The van der Waals surface area contributed by atoms with E-state index in [0.717, 1.165) is 31.5 Å². The first-order valence-electron chi connectivity index (χ1n) is 9.76. The fourth-order valence-electron chi connectivity index (χ4n) is 5.10. The van der Waals surface area contributed by atoms with Gasteiger partial charge in [-0.25, -0.2) is 0 Å². The number of amides is 1. The third-order valence-corrected chi connectivity index (χ3v) is 6.41. The van der Waals surface area contributed by atoms with Crippen LogP contribution in [-0.2, 0) is 11.2 Å². The number of piperidine rings is 1. The molecular weight excluding hydrogens is 294 g/mol. The fraction of sp³-hybridized carbons (Fsp3) is 0.591. The second kappa shape index (κ2) is 6.38. The van der Waals surface area contributed by atoms with E-state index in [0.29, 0.717) is 5.41 Å². The van der Waals surface area contributed by atoms with Crippen LogP contribution in [0.15, 0.2) is 24.3 Å². The number of benzene rings is 1. The van der Waals surface area contributed by atoms with Gasteiger partial charge in [-0.1, -0.05) is 49.1 Å². The molecule has 4 rings (SSSR count). The lowest BCUT2D eigenvalue weighted by molar-refractivity contribution is -0.129. The lowest BCUT2D eigenvalue weighted by atomic mass is 9.69. The fourth-order valence-corrected chi connectivity index (χ4v) is 5.10. The van der Waals surface area contributed by atoms with E-state index in [1.807, 2.05) is 0 Å². The third-order valence-electron chi connectivity index (χ3n) is 6.41. The lowest BCUT2D eigenvalue weighted by Gasteiger charge is -2.45. The molecule has 2 nitrogen and oxygen atoms in total. The Bertz CT molecular complexity index is 661. The molecule has 3 aliphatic rings. The second-order valence-electron chi connectivity index (χ2n) is 8.21. The van der Waals surface area contributed by atoms with E-state index in [2.05, 4.69) is 36.1 Å². The zero-order chi connectivity index (χ0) is 16.6. The van der Waals surface area contributed by atoms with Gasteiger partial charge in [0.25, 0.3) is 5.91 Å². The summed E-state index contributed by atoms with van der Waals surface area (Å²) in [7, 11) is 0. The van der Waals surface area contributed by atoms with Crippen LogP contribution in [0.3, 0.4) is 0 Å². The van der Waals surface area contributed by atoms with E-state index in [1.165, 1.54) is 61.6 Å². The number of allylic oxidation sites excluding steroid dienone is 1. The highest BCUT2D eigenvalue weighted by Crippen LogP contribution is 2.43. The Kier molecular flexibility index (Phi) is 4.24. The first kappa shape index (κ1) is 15.9. The molecule has 1 saturated heterocycles. The summed E-state index contributed by atoms with van der Waals surface area (Å²) in [5, 5.41) is 0. The zero-order valence-corrected chi connectivity index (χ0v) is 14.9. The number of carbonyl (C=O) groups is 1. The highest BCUT2D eigenvalue weighted by Gasteiger charge is 2.38. The van der Waals surface area contributed by atoms with Crippen LogP contribution >= 0.6 is 0 Å². The number of likely N-dealkylation sites (tertiary alicyclic amines) is 1. The molecule has 24 heavy (non-hydrogen) atoms. The number of hydrogen-bond donors (Lipinski definition) is 0. The van der Waals surface area contributed by atoms with Gasteiger partial charge >= 0.3 is 0 Å². The van der Waals surface area contributed by atoms with Crippen LogP contribution in [-0.4, -0.2) is 23.9 Å². The molecule has 1 amide bonds. The van der Waals surface area contributed by atoms with Crippen LogP contribution in [0.2, 0.25) is 0 Å². The van der Waals surface area contributed by atoms with Gasteiger partial charge in [0.05, 0.1) is 0 Å². The lowest BCUT2D eigenvalue weighted by Crippen LogP contribution is -2.47. The second-order valence-corrected chi connectivity index (χ2v) is 8.21. The SMILES string of the molecule is Cc1ccc2c(c1)C(C(=O)N1CCCC3(CCCCC3)C1)=CCC2. The first-order valence-corrected chi connectivity index (χ1v) is 9.76. The molecule has 0 bridgehead atoms. The van der Waals surface area contributed by atoms with Gasteiger partial charge in [-0.15, -0.1) is 0 Å². The van der Waals surface area contributed by atoms with Gasteiger partial charge in [0.1, 0.15) is 0 Å². The van der Waals surface area contributed by atoms with Gasteiger partial charge in [-0.05, 0) is 62.0 Å². The summed E-state index contributed by atoms with van der Waals surface area (Å²) < 4.78 is 0. The highest BCUT2D eigenvalue weighted by molar-refractivity contribution is 6.20. The van der Waals surface area contributed by atoms with Gasteiger partial charge in [0.15, 0.2) is 0 Å².